The zero-order valence-corrected chi connectivity index (χ0v) is 12.5. The smallest absolute Gasteiger partial charge is 0.0718 e. The minimum atomic E-state index is 0.520. The van der Waals surface area contributed by atoms with Crippen LogP contribution in [0, 0.1) is 0 Å². The third kappa shape index (κ3) is 10.2. The van der Waals surface area contributed by atoms with Crippen LogP contribution in [0.4, 0.5) is 0 Å². The van der Waals surface area contributed by atoms with Crippen LogP contribution in [0.15, 0.2) is 30.3 Å². The van der Waals surface area contributed by atoms with Crippen molar-refractivity contribution in [1.29, 1.82) is 0 Å². The first-order chi connectivity index (χ1) is 9.93. The lowest BCUT2D eigenvalue weighted by atomic mass is 10.2. The Morgan fingerprint density at radius 2 is 1.15 bits per heavy atom. The molecule has 0 aliphatic rings. The maximum absolute atomic E-state index is 5.49. The summed E-state index contributed by atoms with van der Waals surface area (Å²) in [5, 5.41) is 0. The highest BCUT2D eigenvalue weighted by atomic mass is 35.5. The summed E-state index contributed by atoms with van der Waals surface area (Å²) < 4.78 is 21.4. The van der Waals surface area contributed by atoms with Gasteiger partial charge in [0, 0.05) is 5.88 Å². The molecule has 20 heavy (non-hydrogen) atoms. The van der Waals surface area contributed by atoms with E-state index < -0.39 is 0 Å². The molecule has 0 amide bonds. The fraction of sp³-hybridized carbons (Fsp3) is 0.600. The summed E-state index contributed by atoms with van der Waals surface area (Å²) in [6.07, 6.45) is 0. The van der Waals surface area contributed by atoms with E-state index >= 15 is 0 Å². The lowest BCUT2D eigenvalue weighted by Crippen LogP contribution is -2.12. The van der Waals surface area contributed by atoms with Crippen LogP contribution in [-0.2, 0) is 25.6 Å². The summed E-state index contributed by atoms with van der Waals surface area (Å²) in [4.78, 5) is 0. The van der Waals surface area contributed by atoms with Gasteiger partial charge in [-0.2, -0.15) is 0 Å². The maximum Gasteiger partial charge on any atom is 0.0718 e. The van der Waals surface area contributed by atoms with Crippen molar-refractivity contribution in [3.05, 3.63) is 35.9 Å². The van der Waals surface area contributed by atoms with E-state index in [-0.39, 0.29) is 0 Å². The third-order valence-electron chi connectivity index (χ3n) is 2.45. The molecule has 0 aliphatic heterocycles. The highest BCUT2D eigenvalue weighted by Gasteiger charge is 1.93. The van der Waals surface area contributed by atoms with Gasteiger partial charge in [0.25, 0.3) is 0 Å². The van der Waals surface area contributed by atoms with Crippen molar-refractivity contribution in [3.63, 3.8) is 0 Å². The Morgan fingerprint density at radius 3 is 1.70 bits per heavy atom. The van der Waals surface area contributed by atoms with Gasteiger partial charge in [0.2, 0.25) is 0 Å². The van der Waals surface area contributed by atoms with Crippen LogP contribution in [0.1, 0.15) is 5.56 Å². The summed E-state index contributed by atoms with van der Waals surface area (Å²) in [6.45, 7) is 4.66. The van der Waals surface area contributed by atoms with Gasteiger partial charge in [0.15, 0.2) is 0 Å². The first-order valence-corrected chi connectivity index (χ1v) is 7.38. The molecule has 0 saturated carbocycles. The topological polar surface area (TPSA) is 36.9 Å². The number of benzene rings is 1. The summed E-state index contributed by atoms with van der Waals surface area (Å²) in [6, 6.07) is 10.1. The van der Waals surface area contributed by atoms with Crippen molar-refractivity contribution in [3.8, 4) is 0 Å². The summed E-state index contributed by atoms with van der Waals surface area (Å²) in [5.74, 6) is 0.520. The van der Waals surface area contributed by atoms with Gasteiger partial charge in [0.05, 0.1) is 52.9 Å². The highest BCUT2D eigenvalue weighted by molar-refractivity contribution is 6.17. The predicted molar refractivity (Wildman–Crippen MR) is 79.3 cm³/mol. The number of halogens is 1. The van der Waals surface area contributed by atoms with Gasteiger partial charge in [-0.25, -0.2) is 0 Å². The summed E-state index contributed by atoms with van der Waals surface area (Å²) in [5.41, 5.74) is 1.17. The molecule has 1 aromatic rings. The first-order valence-electron chi connectivity index (χ1n) is 6.84. The van der Waals surface area contributed by atoms with E-state index in [1.165, 1.54) is 5.56 Å². The van der Waals surface area contributed by atoms with E-state index in [9.17, 15) is 0 Å². The van der Waals surface area contributed by atoms with Crippen LogP contribution < -0.4 is 0 Å². The molecule has 5 heteroatoms. The van der Waals surface area contributed by atoms with Gasteiger partial charge in [-0.1, -0.05) is 30.3 Å². The van der Waals surface area contributed by atoms with Crippen molar-refractivity contribution < 1.29 is 18.9 Å². The van der Waals surface area contributed by atoms with Crippen LogP contribution >= 0.6 is 11.6 Å². The van der Waals surface area contributed by atoms with Crippen molar-refractivity contribution in [2.75, 3.05) is 52.1 Å². The van der Waals surface area contributed by atoms with Gasteiger partial charge < -0.3 is 18.9 Å². The third-order valence-corrected chi connectivity index (χ3v) is 2.60. The van der Waals surface area contributed by atoms with Gasteiger partial charge in [0.1, 0.15) is 0 Å². The fourth-order valence-electron chi connectivity index (χ4n) is 1.48. The molecule has 0 unspecified atom stereocenters. The van der Waals surface area contributed by atoms with Gasteiger partial charge in [-0.15, -0.1) is 11.6 Å². The van der Waals surface area contributed by atoms with Crippen molar-refractivity contribution in [2.24, 2.45) is 0 Å². The minimum absolute atomic E-state index is 0.520. The van der Waals surface area contributed by atoms with Gasteiger partial charge in [-0.05, 0) is 5.56 Å². The molecule has 4 nitrogen and oxygen atoms in total. The van der Waals surface area contributed by atoms with Crippen LogP contribution in [0.5, 0.6) is 0 Å². The van der Waals surface area contributed by atoms with E-state index in [0.717, 1.165) is 0 Å². The normalized spacial score (nSPS) is 10.8. The molecule has 0 aromatic heterocycles. The second-order valence-electron chi connectivity index (χ2n) is 4.06. The highest BCUT2D eigenvalue weighted by Crippen LogP contribution is 1.99. The monoisotopic (exact) mass is 302 g/mol. The number of ether oxygens (including phenoxy) is 4. The number of rotatable bonds is 13. The molecule has 0 N–H and O–H groups in total. The Balaban J connectivity index is 1.77. The second kappa shape index (κ2) is 13.3. The fourth-order valence-corrected chi connectivity index (χ4v) is 1.59. The van der Waals surface area contributed by atoms with E-state index in [4.69, 9.17) is 30.5 Å². The van der Waals surface area contributed by atoms with Crippen molar-refractivity contribution >= 4 is 11.6 Å². The molecule has 0 atom stereocenters. The van der Waals surface area contributed by atoms with Crippen LogP contribution in [0.2, 0.25) is 0 Å². The van der Waals surface area contributed by atoms with Gasteiger partial charge >= 0.3 is 0 Å². The largest absolute Gasteiger partial charge is 0.378 e. The Hall–Kier alpha value is -0.650. The average molecular weight is 303 g/mol. The predicted octanol–water partition coefficient (Wildman–Crippen LogP) is 2.49. The molecule has 0 saturated heterocycles. The Kier molecular flexibility index (Phi) is 11.6. The zero-order valence-electron chi connectivity index (χ0n) is 11.8. The SMILES string of the molecule is ClCCOCCOCCOCCOCc1ccccc1. The molecular formula is C15H23ClO4. The van der Waals surface area contributed by atoms with E-state index in [2.05, 4.69) is 0 Å². The quantitative estimate of drug-likeness (QED) is 0.414. The van der Waals surface area contributed by atoms with Gasteiger partial charge in [-0.3, -0.25) is 0 Å². The maximum atomic E-state index is 5.49. The number of hydrogen-bond acceptors (Lipinski definition) is 4. The average Bonchev–Trinajstić information content (AvgIpc) is 2.49. The lowest BCUT2D eigenvalue weighted by molar-refractivity contribution is -0.00272. The van der Waals surface area contributed by atoms with Crippen molar-refractivity contribution in [1.82, 2.24) is 0 Å². The number of alkyl halides is 1. The Morgan fingerprint density at radius 1 is 0.650 bits per heavy atom. The van der Waals surface area contributed by atoms with Crippen LogP contribution in [0.3, 0.4) is 0 Å². The lowest BCUT2D eigenvalue weighted by Gasteiger charge is -2.07. The molecular weight excluding hydrogens is 280 g/mol. The van der Waals surface area contributed by atoms with Crippen molar-refractivity contribution in [2.45, 2.75) is 6.61 Å². The molecule has 0 spiro atoms. The molecule has 0 aliphatic carbocycles. The summed E-state index contributed by atoms with van der Waals surface area (Å²) >= 11 is 5.47. The molecule has 0 fully saturated rings. The molecule has 0 radical (unpaired) electrons. The molecule has 0 bridgehead atoms. The Labute approximate surface area is 125 Å². The Bertz CT molecular complexity index is 308. The zero-order chi connectivity index (χ0) is 14.3. The number of hydrogen-bond donors (Lipinski definition) is 0. The minimum Gasteiger partial charge on any atom is -0.378 e. The van der Waals surface area contributed by atoms with Crippen LogP contribution in [0.25, 0.3) is 0 Å². The molecule has 0 heterocycles. The van der Waals surface area contributed by atoms with E-state index in [0.29, 0.717) is 58.7 Å². The van der Waals surface area contributed by atoms with E-state index in [1.54, 1.807) is 0 Å². The van der Waals surface area contributed by atoms with E-state index in [1.807, 2.05) is 30.3 Å². The molecule has 1 rings (SSSR count). The van der Waals surface area contributed by atoms with Crippen LogP contribution in [-0.4, -0.2) is 52.1 Å². The standard InChI is InChI=1S/C15H23ClO4/c16-6-7-17-8-9-18-10-11-19-12-13-20-14-15-4-2-1-3-5-15/h1-5H,6-14H2. The second-order valence-corrected chi connectivity index (χ2v) is 4.44. The summed E-state index contributed by atoms with van der Waals surface area (Å²) in [7, 11) is 0. The molecule has 1 aromatic carbocycles. The molecule has 114 valence electrons. The first kappa shape index (κ1) is 17.4.